The van der Waals surface area contributed by atoms with Crippen molar-refractivity contribution in [2.75, 3.05) is 21.3 Å². The zero-order valence-corrected chi connectivity index (χ0v) is 14.7. The highest BCUT2D eigenvalue weighted by molar-refractivity contribution is 5.92. The minimum atomic E-state index is -0.341. The van der Waals surface area contributed by atoms with Crippen LogP contribution in [0.4, 0.5) is 0 Å². The van der Waals surface area contributed by atoms with E-state index in [1.807, 2.05) is 18.2 Å². The van der Waals surface area contributed by atoms with E-state index in [2.05, 4.69) is 6.92 Å². The first-order valence-electron chi connectivity index (χ1n) is 8.17. The molecular weight excluding hydrogens is 292 g/mol. The molecule has 1 rings (SSSR count). The van der Waals surface area contributed by atoms with Crippen LogP contribution in [0.1, 0.15) is 51.0 Å². The smallest absolute Gasteiger partial charge is 0.330 e. The zero-order chi connectivity index (χ0) is 17.1. The van der Waals surface area contributed by atoms with Gasteiger partial charge in [0.15, 0.2) is 0 Å². The van der Waals surface area contributed by atoms with Gasteiger partial charge in [-0.3, -0.25) is 0 Å². The molecule has 0 spiro atoms. The number of unbranched alkanes of at least 4 members (excludes halogenated alkanes) is 4. The summed E-state index contributed by atoms with van der Waals surface area (Å²) in [6, 6.07) is 5.63. The van der Waals surface area contributed by atoms with Crippen molar-refractivity contribution in [1.82, 2.24) is 0 Å². The average Bonchev–Trinajstić information content (AvgIpc) is 2.59. The van der Waals surface area contributed by atoms with Gasteiger partial charge in [0.25, 0.3) is 0 Å². The van der Waals surface area contributed by atoms with Crippen molar-refractivity contribution in [2.24, 2.45) is 0 Å². The van der Waals surface area contributed by atoms with Crippen LogP contribution in [-0.4, -0.2) is 27.3 Å². The van der Waals surface area contributed by atoms with Gasteiger partial charge in [-0.2, -0.15) is 0 Å². The monoisotopic (exact) mass is 320 g/mol. The van der Waals surface area contributed by atoms with E-state index in [0.29, 0.717) is 5.75 Å². The Balaban J connectivity index is 2.95. The van der Waals surface area contributed by atoms with E-state index in [1.54, 1.807) is 20.3 Å². The van der Waals surface area contributed by atoms with Gasteiger partial charge in [-0.15, -0.1) is 0 Å². The number of esters is 1. The molecule has 0 saturated heterocycles. The molecule has 0 aliphatic carbocycles. The van der Waals surface area contributed by atoms with Crippen LogP contribution in [0, 0.1) is 0 Å². The second kappa shape index (κ2) is 10.7. The standard InChI is InChI=1S/C19H28O4/c1-5-6-7-8-9-10-15(13-19(20)23-4)17-12-11-16(21-2)14-18(17)22-3/h11-14H,5-10H2,1-4H3/b15-13-. The molecule has 0 atom stereocenters. The minimum Gasteiger partial charge on any atom is -0.497 e. The Morgan fingerprint density at radius 3 is 2.39 bits per heavy atom. The SMILES string of the molecule is CCCCCCC/C(=C/C(=O)OC)c1ccc(OC)cc1OC. The van der Waals surface area contributed by atoms with Gasteiger partial charge >= 0.3 is 5.97 Å². The van der Waals surface area contributed by atoms with Gasteiger partial charge < -0.3 is 14.2 Å². The number of hydrogen-bond acceptors (Lipinski definition) is 4. The van der Waals surface area contributed by atoms with Crippen LogP contribution in [-0.2, 0) is 9.53 Å². The third-order valence-corrected chi connectivity index (χ3v) is 3.80. The fourth-order valence-electron chi connectivity index (χ4n) is 2.47. The maximum absolute atomic E-state index is 11.7. The highest BCUT2D eigenvalue weighted by Gasteiger charge is 2.12. The molecule has 0 unspecified atom stereocenters. The molecule has 4 nitrogen and oxygen atoms in total. The molecule has 128 valence electrons. The number of benzene rings is 1. The highest BCUT2D eigenvalue weighted by Crippen LogP contribution is 2.33. The molecule has 0 aromatic heterocycles. The Bertz CT molecular complexity index is 520. The Hall–Kier alpha value is -1.97. The number of carbonyl (C=O) groups is 1. The Morgan fingerprint density at radius 1 is 1.04 bits per heavy atom. The average molecular weight is 320 g/mol. The van der Waals surface area contributed by atoms with E-state index < -0.39 is 0 Å². The van der Waals surface area contributed by atoms with Crippen LogP contribution >= 0.6 is 0 Å². The number of carbonyl (C=O) groups excluding carboxylic acids is 1. The van der Waals surface area contributed by atoms with Crippen LogP contribution in [0.15, 0.2) is 24.3 Å². The van der Waals surface area contributed by atoms with E-state index in [9.17, 15) is 4.79 Å². The Kier molecular flexibility index (Phi) is 8.88. The van der Waals surface area contributed by atoms with E-state index in [0.717, 1.165) is 36.1 Å². The van der Waals surface area contributed by atoms with Crippen molar-refractivity contribution in [3.8, 4) is 11.5 Å². The highest BCUT2D eigenvalue weighted by atomic mass is 16.5. The maximum atomic E-state index is 11.7. The molecule has 0 heterocycles. The Morgan fingerprint density at radius 2 is 1.78 bits per heavy atom. The third kappa shape index (κ3) is 6.35. The molecule has 0 bridgehead atoms. The fraction of sp³-hybridized carbons (Fsp3) is 0.526. The molecule has 0 aliphatic heterocycles. The summed E-state index contributed by atoms with van der Waals surface area (Å²) in [5.41, 5.74) is 1.85. The molecule has 1 aromatic rings. The minimum absolute atomic E-state index is 0.341. The normalized spacial score (nSPS) is 11.2. The fourth-order valence-corrected chi connectivity index (χ4v) is 2.47. The maximum Gasteiger partial charge on any atom is 0.330 e. The van der Waals surface area contributed by atoms with Crippen molar-refractivity contribution >= 4 is 11.5 Å². The van der Waals surface area contributed by atoms with Crippen LogP contribution in [0.5, 0.6) is 11.5 Å². The van der Waals surface area contributed by atoms with Gasteiger partial charge in [0.1, 0.15) is 11.5 Å². The van der Waals surface area contributed by atoms with Crippen LogP contribution in [0.2, 0.25) is 0 Å². The lowest BCUT2D eigenvalue weighted by molar-refractivity contribution is -0.134. The van der Waals surface area contributed by atoms with Crippen molar-refractivity contribution in [2.45, 2.75) is 45.4 Å². The van der Waals surface area contributed by atoms with Crippen molar-refractivity contribution in [3.05, 3.63) is 29.8 Å². The number of ether oxygens (including phenoxy) is 3. The third-order valence-electron chi connectivity index (χ3n) is 3.80. The predicted octanol–water partition coefficient (Wildman–Crippen LogP) is 4.62. The lowest BCUT2D eigenvalue weighted by Crippen LogP contribution is -2.00. The van der Waals surface area contributed by atoms with E-state index in [1.165, 1.54) is 26.4 Å². The second-order valence-electron chi connectivity index (χ2n) is 5.42. The van der Waals surface area contributed by atoms with Crippen molar-refractivity contribution < 1.29 is 19.0 Å². The van der Waals surface area contributed by atoms with Gasteiger partial charge in [0.05, 0.1) is 21.3 Å². The number of methoxy groups -OCH3 is 3. The zero-order valence-electron chi connectivity index (χ0n) is 14.7. The lowest BCUT2D eigenvalue weighted by atomic mass is 9.97. The number of hydrogen-bond donors (Lipinski definition) is 0. The first kappa shape index (κ1) is 19.1. The van der Waals surface area contributed by atoms with Gasteiger partial charge in [-0.25, -0.2) is 4.79 Å². The second-order valence-corrected chi connectivity index (χ2v) is 5.42. The van der Waals surface area contributed by atoms with Crippen LogP contribution < -0.4 is 9.47 Å². The summed E-state index contributed by atoms with van der Waals surface area (Å²) in [4.78, 5) is 11.7. The summed E-state index contributed by atoms with van der Waals surface area (Å²) < 4.78 is 15.5. The first-order chi connectivity index (χ1) is 11.2. The summed E-state index contributed by atoms with van der Waals surface area (Å²) in [6.07, 6.45) is 8.27. The van der Waals surface area contributed by atoms with Gasteiger partial charge in [0, 0.05) is 17.7 Å². The van der Waals surface area contributed by atoms with Gasteiger partial charge in [0.2, 0.25) is 0 Å². The molecule has 0 aliphatic rings. The first-order valence-corrected chi connectivity index (χ1v) is 8.17. The molecule has 4 heteroatoms. The van der Waals surface area contributed by atoms with E-state index in [-0.39, 0.29) is 5.97 Å². The Labute approximate surface area is 139 Å². The summed E-state index contributed by atoms with van der Waals surface area (Å²) >= 11 is 0. The quantitative estimate of drug-likeness (QED) is 0.358. The summed E-state index contributed by atoms with van der Waals surface area (Å²) in [7, 11) is 4.63. The topological polar surface area (TPSA) is 44.8 Å². The lowest BCUT2D eigenvalue weighted by Gasteiger charge is -2.13. The molecule has 23 heavy (non-hydrogen) atoms. The molecular formula is C19H28O4. The summed E-state index contributed by atoms with van der Waals surface area (Å²) in [6.45, 7) is 2.20. The molecule has 0 fully saturated rings. The number of allylic oxidation sites excluding steroid dienone is 1. The molecule has 0 saturated carbocycles. The van der Waals surface area contributed by atoms with Crippen molar-refractivity contribution in [3.63, 3.8) is 0 Å². The summed E-state index contributed by atoms with van der Waals surface area (Å²) in [5, 5.41) is 0. The molecule has 0 radical (unpaired) electrons. The van der Waals surface area contributed by atoms with E-state index >= 15 is 0 Å². The largest absolute Gasteiger partial charge is 0.497 e. The summed E-state index contributed by atoms with van der Waals surface area (Å²) in [5.74, 6) is 1.09. The van der Waals surface area contributed by atoms with Crippen molar-refractivity contribution in [1.29, 1.82) is 0 Å². The number of rotatable bonds is 10. The van der Waals surface area contributed by atoms with Gasteiger partial charge in [-0.1, -0.05) is 32.6 Å². The van der Waals surface area contributed by atoms with Crippen LogP contribution in [0.3, 0.4) is 0 Å². The van der Waals surface area contributed by atoms with E-state index in [4.69, 9.17) is 14.2 Å². The molecule has 0 amide bonds. The molecule has 1 aromatic carbocycles. The molecule has 0 N–H and O–H groups in total. The predicted molar refractivity (Wildman–Crippen MR) is 92.9 cm³/mol. The van der Waals surface area contributed by atoms with Gasteiger partial charge in [-0.05, 0) is 30.5 Å². The van der Waals surface area contributed by atoms with Crippen LogP contribution in [0.25, 0.3) is 5.57 Å².